The van der Waals surface area contributed by atoms with Crippen LogP contribution in [0.5, 0.6) is 5.75 Å². The van der Waals surface area contributed by atoms with Gasteiger partial charge in [0.2, 0.25) is 5.91 Å². The van der Waals surface area contributed by atoms with Gasteiger partial charge in [0.1, 0.15) is 5.75 Å². The van der Waals surface area contributed by atoms with E-state index in [1.807, 2.05) is 0 Å². The van der Waals surface area contributed by atoms with Crippen molar-refractivity contribution < 1.29 is 14.3 Å². The SMILES string of the molecule is COc1ccc(N)c(SCC(=O)NC(=O)NC2CC2)c1. The summed E-state index contributed by atoms with van der Waals surface area (Å²) in [6.45, 7) is 0. The second-order valence-electron chi connectivity index (χ2n) is 4.49. The lowest BCUT2D eigenvalue weighted by atomic mass is 10.3. The van der Waals surface area contributed by atoms with Gasteiger partial charge < -0.3 is 15.8 Å². The molecule has 0 atom stereocenters. The zero-order chi connectivity index (χ0) is 14.5. The van der Waals surface area contributed by atoms with Crippen LogP contribution in [0, 0.1) is 0 Å². The molecule has 1 aromatic rings. The van der Waals surface area contributed by atoms with Crippen LogP contribution in [0.4, 0.5) is 10.5 Å². The predicted molar refractivity (Wildman–Crippen MR) is 77.8 cm³/mol. The van der Waals surface area contributed by atoms with Gasteiger partial charge in [0, 0.05) is 16.6 Å². The Morgan fingerprint density at radius 1 is 1.45 bits per heavy atom. The van der Waals surface area contributed by atoms with Gasteiger partial charge in [-0.05, 0) is 31.0 Å². The summed E-state index contributed by atoms with van der Waals surface area (Å²) in [5.74, 6) is 0.444. The Kier molecular flexibility index (Phi) is 4.73. The maximum Gasteiger partial charge on any atom is 0.321 e. The van der Waals surface area contributed by atoms with Gasteiger partial charge in [-0.25, -0.2) is 4.79 Å². The number of anilines is 1. The highest BCUT2D eigenvalue weighted by atomic mass is 32.2. The third-order valence-corrected chi connectivity index (χ3v) is 3.82. The predicted octanol–water partition coefficient (Wildman–Crippen LogP) is 1.36. The van der Waals surface area contributed by atoms with Crippen LogP contribution in [0.15, 0.2) is 23.1 Å². The Balaban J connectivity index is 1.81. The highest BCUT2D eigenvalue weighted by Gasteiger charge is 2.23. The van der Waals surface area contributed by atoms with E-state index in [1.165, 1.54) is 11.8 Å². The van der Waals surface area contributed by atoms with Gasteiger partial charge in [0.25, 0.3) is 0 Å². The first-order valence-electron chi connectivity index (χ1n) is 6.25. The fourth-order valence-electron chi connectivity index (χ4n) is 1.52. The minimum absolute atomic E-state index is 0.120. The fraction of sp³-hybridized carbons (Fsp3) is 0.385. The number of thioether (sulfide) groups is 1. The number of imide groups is 1. The highest BCUT2D eigenvalue weighted by molar-refractivity contribution is 8.00. The van der Waals surface area contributed by atoms with E-state index in [4.69, 9.17) is 10.5 Å². The summed E-state index contributed by atoms with van der Waals surface area (Å²) in [4.78, 5) is 23.8. The molecule has 1 saturated carbocycles. The van der Waals surface area contributed by atoms with E-state index in [0.29, 0.717) is 11.4 Å². The monoisotopic (exact) mass is 295 g/mol. The molecule has 1 aliphatic carbocycles. The molecule has 0 aliphatic heterocycles. The van der Waals surface area contributed by atoms with E-state index in [-0.39, 0.29) is 17.7 Å². The van der Waals surface area contributed by atoms with E-state index in [9.17, 15) is 9.59 Å². The maximum absolute atomic E-state index is 11.6. The van der Waals surface area contributed by atoms with Gasteiger partial charge >= 0.3 is 6.03 Å². The Labute approximate surface area is 121 Å². The second-order valence-corrected chi connectivity index (χ2v) is 5.51. The number of amides is 3. The van der Waals surface area contributed by atoms with E-state index in [2.05, 4.69) is 10.6 Å². The highest BCUT2D eigenvalue weighted by Crippen LogP contribution is 2.28. The van der Waals surface area contributed by atoms with Gasteiger partial charge in [-0.3, -0.25) is 10.1 Å². The molecule has 7 heteroatoms. The average molecular weight is 295 g/mol. The maximum atomic E-state index is 11.6. The summed E-state index contributed by atoms with van der Waals surface area (Å²) in [7, 11) is 1.56. The standard InChI is InChI=1S/C13H17N3O3S/c1-19-9-4-5-10(14)11(6-9)20-7-12(17)16-13(18)15-8-2-3-8/h4-6,8H,2-3,7,14H2,1H3,(H2,15,16,17,18). The largest absolute Gasteiger partial charge is 0.497 e. The quantitative estimate of drug-likeness (QED) is 0.563. The van der Waals surface area contributed by atoms with E-state index in [0.717, 1.165) is 17.7 Å². The lowest BCUT2D eigenvalue weighted by Crippen LogP contribution is -2.41. The Morgan fingerprint density at radius 3 is 2.85 bits per heavy atom. The number of nitrogens with two attached hydrogens (primary N) is 1. The van der Waals surface area contributed by atoms with Crippen LogP contribution in [0.1, 0.15) is 12.8 Å². The molecule has 2 rings (SSSR count). The minimum Gasteiger partial charge on any atom is -0.497 e. The summed E-state index contributed by atoms with van der Waals surface area (Å²) in [6, 6.07) is 5.03. The summed E-state index contributed by atoms with van der Waals surface area (Å²) in [6.07, 6.45) is 1.97. The minimum atomic E-state index is -0.434. The number of rotatable bonds is 5. The molecular weight excluding hydrogens is 278 g/mol. The molecular formula is C13H17N3O3S. The topological polar surface area (TPSA) is 93.4 Å². The number of benzene rings is 1. The number of hydrogen-bond donors (Lipinski definition) is 3. The zero-order valence-corrected chi connectivity index (χ0v) is 12.0. The van der Waals surface area contributed by atoms with Crippen molar-refractivity contribution in [3.63, 3.8) is 0 Å². The van der Waals surface area contributed by atoms with E-state index < -0.39 is 6.03 Å². The van der Waals surface area contributed by atoms with Crippen LogP contribution < -0.4 is 21.1 Å². The van der Waals surface area contributed by atoms with Crippen LogP contribution >= 0.6 is 11.8 Å². The van der Waals surface area contributed by atoms with Gasteiger partial charge in [0.15, 0.2) is 0 Å². The Morgan fingerprint density at radius 2 is 2.20 bits per heavy atom. The van der Waals surface area contributed by atoms with Crippen molar-refractivity contribution in [3.05, 3.63) is 18.2 Å². The van der Waals surface area contributed by atoms with Gasteiger partial charge in [-0.1, -0.05) is 0 Å². The van der Waals surface area contributed by atoms with Crippen molar-refractivity contribution >= 4 is 29.4 Å². The first-order chi connectivity index (χ1) is 9.58. The molecule has 3 amide bonds. The first-order valence-corrected chi connectivity index (χ1v) is 7.23. The third-order valence-electron chi connectivity index (χ3n) is 2.75. The summed E-state index contributed by atoms with van der Waals surface area (Å²) in [5.41, 5.74) is 6.39. The fourth-order valence-corrected chi connectivity index (χ4v) is 2.31. The van der Waals surface area contributed by atoms with Crippen LogP contribution in [-0.2, 0) is 4.79 Å². The smallest absolute Gasteiger partial charge is 0.321 e. The number of carbonyl (C=O) groups excluding carboxylic acids is 2. The lowest BCUT2D eigenvalue weighted by molar-refractivity contribution is -0.117. The molecule has 20 heavy (non-hydrogen) atoms. The number of methoxy groups -OCH3 is 1. The molecule has 6 nitrogen and oxygen atoms in total. The van der Waals surface area contributed by atoms with Crippen molar-refractivity contribution in [2.24, 2.45) is 0 Å². The molecule has 0 aromatic heterocycles. The molecule has 0 radical (unpaired) electrons. The van der Waals surface area contributed by atoms with Crippen molar-refractivity contribution in [3.8, 4) is 5.75 Å². The second kappa shape index (κ2) is 6.51. The van der Waals surface area contributed by atoms with Crippen molar-refractivity contribution in [1.82, 2.24) is 10.6 Å². The summed E-state index contributed by atoms with van der Waals surface area (Å²) in [5, 5.41) is 4.98. The normalized spacial score (nSPS) is 13.7. The van der Waals surface area contributed by atoms with Crippen LogP contribution in [0.3, 0.4) is 0 Å². The van der Waals surface area contributed by atoms with Gasteiger partial charge in [-0.2, -0.15) is 0 Å². The van der Waals surface area contributed by atoms with Crippen LogP contribution in [0.2, 0.25) is 0 Å². The van der Waals surface area contributed by atoms with E-state index >= 15 is 0 Å². The Hall–Kier alpha value is -1.89. The molecule has 108 valence electrons. The molecule has 1 aliphatic rings. The van der Waals surface area contributed by atoms with Gasteiger partial charge in [-0.15, -0.1) is 11.8 Å². The number of carbonyl (C=O) groups is 2. The molecule has 0 bridgehead atoms. The lowest BCUT2D eigenvalue weighted by Gasteiger charge is -2.08. The molecule has 1 aromatic carbocycles. The number of nitrogens with one attached hydrogen (secondary N) is 2. The van der Waals surface area contributed by atoms with Crippen molar-refractivity contribution in [1.29, 1.82) is 0 Å². The molecule has 0 heterocycles. The van der Waals surface area contributed by atoms with Crippen LogP contribution in [-0.4, -0.2) is 30.8 Å². The Bertz CT molecular complexity index is 518. The average Bonchev–Trinajstić information content (AvgIpc) is 3.21. The van der Waals surface area contributed by atoms with Gasteiger partial charge in [0.05, 0.1) is 12.9 Å². The third kappa shape index (κ3) is 4.34. The number of ether oxygens (including phenoxy) is 1. The molecule has 1 fully saturated rings. The van der Waals surface area contributed by atoms with Crippen molar-refractivity contribution in [2.75, 3.05) is 18.6 Å². The zero-order valence-electron chi connectivity index (χ0n) is 11.1. The van der Waals surface area contributed by atoms with E-state index in [1.54, 1.807) is 25.3 Å². The molecule has 0 saturated heterocycles. The molecule has 4 N–H and O–H groups in total. The van der Waals surface area contributed by atoms with Crippen LogP contribution in [0.25, 0.3) is 0 Å². The number of nitrogen functional groups attached to an aromatic ring is 1. The number of urea groups is 1. The first kappa shape index (κ1) is 14.5. The number of hydrogen-bond acceptors (Lipinski definition) is 5. The molecule has 0 unspecified atom stereocenters. The summed E-state index contributed by atoms with van der Waals surface area (Å²) >= 11 is 1.26. The van der Waals surface area contributed by atoms with Crippen molar-refractivity contribution in [2.45, 2.75) is 23.8 Å². The molecule has 0 spiro atoms. The summed E-state index contributed by atoms with van der Waals surface area (Å²) < 4.78 is 5.10.